The highest BCUT2D eigenvalue weighted by Gasteiger charge is 2.25. The lowest BCUT2D eigenvalue weighted by Gasteiger charge is -2.21. The minimum atomic E-state index is -0.958. The topological polar surface area (TPSA) is 153 Å². The van der Waals surface area contributed by atoms with Crippen LogP contribution in [0.3, 0.4) is 0 Å². The first kappa shape index (κ1) is 27.3. The number of carboxylic acids is 1. The molecule has 1 atom stereocenters. The highest BCUT2D eigenvalue weighted by Crippen LogP contribution is 2.32. The zero-order chi connectivity index (χ0) is 28.1. The van der Waals surface area contributed by atoms with E-state index in [1.165, 1.54) is 6.26 Å². The number of fused-ring (bicyclic) bond motifs is 1. The molecule has 1 aliphatic rings. The van der Waals surface area contributed by atoms with Crippen LogP contribution in [-0.2, 0) is 22.4 Å². The number of amidine groups is 1. The third kappa shape index (κ3) is 6.78. The Bertz CT molecular complexity index is 1540. The largest absolute Gasteiger partial charge is 0.493 e. The van der Waals surface area contributed by atoms with E-state index in [-0.39, 0.29) is 18.7 Å². The second-order valence-corrected chi connectivity index (χ2v) is 9.83. The Hall–Kier alpha value is -4.72. The molecule has 1 heterocycles. The van der Waals surface area contributed by atoms with Gasteiger partial charge in [-0.05, 0) is 72.0 Å². The second-order valence-electron chi connectivity index (χ2n) is 9.83. The average molecular weight is 525 g/mol. The molecule has 0 saturated carbocycles. The first-order valence-corrected chi connectivity index (χ1v) is 12.6. The van der Waals surface area contributed by atoms with Crippen LogP contribution in [0.4, 0.5) is 0 Å². The third-order valence-corrected chi connectivity index (χ3v) is 6.52. The summed E-state index contributed by atoms with van der Waals surface area (Å²) in [6.07, 6.45) is 4.40. The fourth-order valence-corrected chi connectivity index (χ4v) is 4.69. The number of hydrogen-bond donors (Lipinski definition) is 5. The molecule has 8 heteroatoms. The van der Waals surface area contributed by atoms with Gasteiger partial charge in [-0.25, -0.2) is 0 Å². The molecule has 1 unspecified atom stereocenters. The van der Waals surface area contributed by atoms with Crippen molar-refractivity contribution in [3.8, 4) is 5.75 Å². The highest BCUT2D eigenvalue weighted by atomic mass is 16.5. The lowest BCUT2D eigenvalue weighted by molar-refractivity contribution is -0.138. The lowest BCUT2D eigenvalue weighted by atomic mass is 9.86. The van der Waals surface area contributed by atoms with Crippen LogP contribution in [0.15, 0.2) is 78.3 Å². The van der Waals surface area contributed by atoms with Crippen molar-refractivity contribution in [1.29, 1.82) is 16.2 Å². The summed E-state index contributed by atoms with van der Waals surface area (Å²) in [7, 11) is 0. The number of rotatable bonds is 11. The van der Waals surface area contributed by atoms with Gasteiger partial charge in [0.15, 0.2) is 5.76 Å². The van der Waals surface area contributed by atoms with E-state index in [2.05, 4.69) is 0 Å². The van der Waals surface area contributed by atoms with E-state index in [0.717, 1.165) is 21.9 Å². The predicted octanol–water partition coefficient (Wildman–Crippen LogP) is 5.72. The maximum atomic E-state index is 12.5. The predicted molar refractivity (Wildman–Crippen MR) is 153 cm³/mol. The van der Waals surface area contributed by atoms with Gasteiger partial charge in [0.05, 0.1) is 5.92 Å². The van der Waals surface area contributed by atoms with Crippen LogP contribution in [0.2, 0.25) is 0 Å². The first-order valence-electron chi connectivity index (χ1n) is 12.6. The van der Waals surface area contributed by atoms with E-state index in [9.17, 15) is 9.90 Å². The van der Waals surface area contributed by atoms with Gasteiger partial charge in [0.1, 0.15) is 24.5 Å². The molecule has 0 radical (unpaired) electrons. The van der Waals surface area contributed by atoms with Crippen LogP contribution < -0.4 is 10.5 Å². The molecule has 0 spiro atoms. The van der Waals surface area contributed by atoms with E-state index in [0.29, 0.717) is 52.7 Å². The zero-order valence-electron chi connectivity index (χ0n) is 22.0. The molecule has 8 nitrogen and oxygen atoms in total. The quantitative estimate of drug-likeness (QED) is 0.160. The molecule has 1 aliphatic heterocycles. The van der Waals surface area contributed by atoms with Gasteiger partial charge < -0.3 is 31.1 Å². The van der Waals surface area contributed by atoms with Gasteiger partial charge in [-0.15, -0.1) is 0 Å². The van der Waals surface area contributed by atoms with Crippen molar-refractivity contribution in [2.45, 2.75) is 39.0 Å². The van der Waals surface area contributed by atoms with E-state index in [4.69, 9.17) is 31.4 Å². The van der Waals surface area contributed by atoms with Gasteiger partial charge in [0.25, 0.3) is 0 Å². The molecule has 6 N–H and O–H groups in total. The Morgan fingerprint density at radius 3 is 2.44 bits per heavy atom. The molecule has 4 rings (SSSR count). The summed E-state index contributed by atoms with van der Waals surface area (Å²) < 4.78 is 11.5. The summed E-state index contributed by atoms with van der Waals surface area (Å²) in [6, 6.07) is 16.6. The minimum Gasteiger partial charge on any atom is -0.493 e. The summed E-state index contributed by atoms with van der Waals surface area (Å²) in [5.41, 5.74) is 10.2. The van der Waals surface area contributed by atoms with Crippen molar-refractivity contribution in [3.05, 3.63) is 101 Å². The maximum Gasteiger partial charge on any atom is 0.311 e. The van der Waals surface area contributed by atoms with E-state index in [1.54, 1.807) is 38.1 Å². The number of hydrogen-bond acceptors (Lipinski definition) is 6. The Morgan fingerprint density at radius 2 is 1.74 bits per heavy atom. The molecule has 39 heavy (non-hydrogen) atoms. The Kier molecular flexibility index (Phi) is 8.24. The van der Waals surface area contributed by atoms with Crippen molar-refractivity contribution in [2.75, 3.05) is 6.61 Å². The van der Waals surface area contributed by atoms with Crippen LogP contribution in [0, 0.1) is 16.2 Å². The van der Waals surface area contributed by atoms with Crippen molar-refractivity contribution in [2.24, 2.45) is 5.73 Å². The molecule has 200 valence electrons. The van der Waals surface area contributed by atoms with Crippen LogP contribution in [-0.4, -0.2) is 34.9 Å². The first-order chi connectivity index (χ1) is 18.6. The molecule has 0 bridgehead atoms. The van der Waals surface area contributed by atoms with Gasteiger partial charge in [-0.1, -0.05) is 36.4 Å². The van der Waals surface area contributed by atoms with E-state index in [1.807, 2.05) is 36.4 Å². The molecule has 0 aliphatic carbocycles. The summed E-state index contributed by atoms with van der Waals surface area (Å²) in [6.45, 7) is 3.84. The van der Waals surface area contributed by atoms with Crippen molar-refractivity contribution in [1.82, 2.24) is 0 Å². The van der Waals surface area contributed by atoms with Crippen LogP contribution in [0.5, 0.6) is 5.75 Å². The fourth-order valence-electron chi connectivity index (χ4n) is 4.69. The average Bonchev–Trinajstić information content (AvgIpc) is 2.87. The number of carbonyl (C=O) groups is 1. The SMILES string of the molecule is CC(=N)CC1=CCOC=C1Oc1ccc(C(Cc2ccc3ccc(C(=N)N)cc3c2)C(=O)O)c(CC(C)=N)c1. The van der Waals surface area contributed by atoms with Crippen LogP contribution in [0.1, 0.15) is 48.4 Å². The third-order valence-electron chi connectivity index (χ3n) is 6.52. The summed E-state index contributed by atoms with van der Waals surface area (Å²) >= 11 is 0. The Morgan fingerprint density at radius 1 is 1.00 bits per heavy atom. The van der Waals surface area contributed by atoms with Crippen LogP contribution >= 0.6 is 0 Å². The van der Waals surface area contributed by atoms with Crippen molar-refractivity contribution >= 4 is 34.0 Å². The lowest BCUT2D eigenvalue weighted by Crippen LogP contribution is -2.17. The smallest absolute Gasteiger partial charge is 0.311 e. The second kappa shape index (κ2) is 11.8. The molecular weight excluding hydrogens is 492 g/mol. The number of allylic oxidation sites excluding steroid dienone is 1. The number of carboxylic acid groups (broad SMARTS) is 1. The van der Waals surface area contributed by atoms with E-state index >= 15 is 0 Å². The van der Waals surface area contributed by atoms with Gasteiger partial charge in [0, 0.05) is 35.4 Å². The Labute approximate surface area is 227 Å². The standard InChI is InChI=1S/C31H32N4O4/c1-18(32)11-22-9-10-38-17-29(22)39-26-7-8-27(25(16-26)12-19(2)33)28(31(36)37)14-20-3-4-21-5-6-23(30(34)35)15-24(21)13-20/h3-9,13,15-17,28,32-33H,10-12,14H2,1-2H3,(H3,34,35)(H,36,37). The zero-order valence-corrected chi connectivity index (χ0v) is 22.0. The summed E-state index contributed by atoms with van der Waals surface area (Å²) in [5, 5.41) is 35.7. The molecule has 3 aromatic rings. The van der Waals surface area contributed by atoms with Crippen molar-refractivity contribution in [3.63, 3.8) is 0 Å². The minimum absolute atomic E-state index is 0.0224. The molecule has 3 aromatic carbocycles. The number of nitrogens with two attached hydrogens (primary N) is 1. The number of benzene rings is 3. The molecule has 0 aromatic heterocycles. The van der Waals surface area contributed by atoms with E-state index < -0.39 is 11.9 Å². The Balaban J connectivity index is 1.66. The van der Waals surface area contributed by atoms with Gasteiger partial charge in [-0.3, -0.25) is 10.2 Å². The van der Waals surface area contributed by atoms with Gasteiger partial charge in [-0.2, -0.15) is 0 Å². The van der Waals surface area contributed by atoms with Crippen molar-refractivity contribution < 1.29 is 19.4 Å². The number of aliphatic carboxylic acids is 1. The fraction of sp³-hybridized carbons (Fsp3) is 0.226. The summed E-state index contributed by atoms with van der Waals surface area (Å²) in [5.74, 6) is -0.804. The number of nitrogen functional groups attached to an aromatic ring is 1. The van der Waals surface area contributed by atoms with Crippen LogP contribution in [0.25, 0.3) is 10.8 Å². The number of ether oxygens (including phenoxy) is 2. The monoisotopic (exact) mass is 524 g/mol. The van der Waals surface area contributed by atoms with Gasteiger partial charge in [0.2, 0.25) is 0 Å². The molecule has 0 saturated heterocycles. The number of nitrogens with one attached hydrogen (secondary N) is 3. The molecule has 0 amide bonds. The highest BCUT2D eigenvalue weighted by molar-refractivity contribution is 5.99. The molecular formula is C31H32N4O4. The normalized spacial score (nSPS) is 13.6. The summed E-state index contributed by atoms with van der Waals surface area (Å²) in [4.78, 5) is 12.5. The molecule has 0 fully saturated rings. The van der Waals surface area contributed by atoms with Gasteiger partial charge >= 0.3 is 5.97 Å². The maximum absolute atomic E-state index is 12.5.